The number of hydrogen-bond donors (Lipinski definition) is 1. The Labute approximate surface area is 120 Å². The maximum Gasteiger partial charge on any atom is 0.0695 e. The zero-order valence-corrected chi connectivity index (χ0v) is 13.7. The first-order valence-corrected chi connectivity index (χ1v) is 8.11. The van der Waals surface area contributed by atoms with Gasteiger partial charge in [-0.1, -0.05) is 6.92 Å². The molecule has 0 aliphatic heterocycles. The fourth-order valence-electron chi connectivity index (χ4n) is 3.01. The summed E-state index contributed by atoms with van der Waals surface area (Å²) in [4.78, 5) is 2.51. The van der Waals surface area contributed by atoms with Gasteiger partial charge in [-0.2, -0.15) is 0 Å². The summed E-state index contributed by atoms with van der Waals surface area (Å²) in [5.74, 6) is 0. The summed E-state index contributed by atoms with van der Waals surface area (Å²) in [5, 5.41) is 3.42. The van der Waals surface area contributed by atoms with Crippen LogP contribution < -0.4 is 5.32 Å². The van der Waals surface area contributed by atoms with E-state index in [0.29, 0.717) is 12.1 Å². The third-order valence-corrected chi connectivity index (χ3v) is 4.36. The van der Waals surface area contributed by atoms with Crippen LogP contribution in [0.1, 0.15) is 60.3 Å². The van der Waals surface area contributed by atoms with Crippen molar-refractivity contribution in [2.45, 2.75) is 78.0 Å². The molecule has 0 unspecified atom stereocenters. The van der Waals surface area contributed by atoms with Crippen LogP contribution in [-0.4, -0.2) is 48.8 Å². The van der Waals surface area contributed by atoms with Crippen molar-refractivity contribution in [1.82, 2.24) is 10.2 Å². The van der Waals surface area contributed by atoms with Gasteiger partial charge in [0.25, 0.3) is 0 Å². The quantitative estimate of drug-likeness (QED) is 0.618. The van der Waals surface area contributed by atoms with Gasteiger partial charge in [0, 0.05) is 18.6 Å². The van der Waals surface area contributed by atoms with Crippen LogP contribution >= 0.6 is 0 Å². The molecule has 0 aromatic carbocycles. The van der Waals surface area contributed by atoms with E-state index in [9.17, 15) is 0 Å². The smallest absolute Gasteiger partial charge is 0.0695 e. The Kier molecular flexibility index (Phi) is 7.33. The van der Waals surface area contributed by atoms with E-state index in [-0.39, 0.29) is 5.60 Å². The highest BCUT2D eigenvalue weighted by molar-refractivity contribution is 4.90. The highest BCUT2D eigenvalue weighted by atomic mass is 16.5. The third-order valence-electron chi connectivity index (χ3n) is 4.36. The molecule has 1 rings (SSSR count). The first kappa shape index (κ1) is 16.9. The summed E-state index contributed by atoms with van der Waals surface area (Å²) < 4.78 is 6.26. The maximum absolute atomic E-state index is 6.26. The zero-order valence-electron chi connectivity index (χ0n) is 13.7. The van der Waals surface area contributed by atoms with E-state index < -0.39 is 0 Å². The van der Waals surface area contributed by atoms with Crippen LogP contribution in [0.25, 0.3) is 0 Å². The lowest BCUT2D eigenvalue weighted by Gasteiger charge is -2.43. The standard InChI is InChI=1S/C16H34N2O/c1-6-17-11-10-16(8-7-9-16)19-13-12-18(14(2)3)15(4)5/h14-15,17H,6-13H2,1-5H3. The molecule has 0 amide bonds. The first-order chi connectivity index (χ1) is 9.01. The molecular formula is C16H34N2O. The maximum atomic E-state index is 6.26. The Bertz CT molecular complexity index is 229. The van der Waals surface area contributed by atoms with Gasteiger partial charge in [-0.3, -0.25) is 4.90 Å². The molecular weight excluding hydrogens is 236 g/mol. The molecule has 3 heteroatoms. The van der Waals surface area contributed by atoms with E-state index in [4.69, 9.17) is 4.74 Å². The minimum Gasteiger partial charge on any atom is -0.374 e. The highest BCUT2D eigenvalue weighted by Gasteiger charge is 2.37. The molecule has 0 bridgehead atoms. The predicted octanol–water partition coefficient (Wildman–Crippen LogP) is 3.04. The lowest BCUT2D eigenvalue weighted by molar-refractivity contribution is -0.111. The second kappa shape index (κ2) is 8.23. The van der Waals surface area contributed by atoms with Gasteiger partial charge >= 0.3 is 0 Å². The summed E-state index contributed by atoms with van der Waals surface area (Å²) in [5.41, 5.74) is 0.196. The molecule has 1 aliphatic carbocycles. The van der Waals surface area contributed by atoms with Crippen molar-refractivity contribution in [2.24, 2.45) is 0 Å². The summed E-state index contributed by atoms with van der Waals surface area (Å²) in [6, 6.07) is 1.20. The molecule has 0 radical (unpaired) electrons. The Morgan fingerprint density at radius 1 is 1.16 bits per heavy atom. The van der Waals surface area contributed by atoms with Crippen molar-refractivity contribution in [2.75, 3.05) is 26.2 Å². The molecule has 0 aromatic rings. The van der Waals surface area contributed by atoms with E-state index in [1.165, 1.54) is 25.7 Å². The Morgan fingerprint density at radius 2 is 1.79 bits per heavy atom. The van der Waals surface area contributed by atoms with Gasteiger partial charge in [0.2, 0.25) is 0 Å². The number of nitrogens with one attached hydrogen (secondary N) is 1. The minimum absolute atomic E-state index is 0.196. The van der Waals surface area contributed by atoms with Gasteiger partial charge in [0.05, 0.1) is 12.2 Å². The molecule has 114 valence electrons. The molecule has 1 aliphatic rings. The van der Waals surface area contributed by atoms with Gasteiger partial charge in [0.15, 0.2) is 0 Å². The van der Waals surface area contributed by atoms with Crippen LogP contribution in [0.5, 0.6) is 0 Å². The van der Waals surface area contributed by atoms with Gasteiger partial charge in [-0.25, -0.2) is 0 Å². The van der Waals surface area contributed by atoms with Crippen LogP contribution in [-0.2, 0) is 4.74 Å². The molecule has 0 saturated heterocycles. The van der Waals surface area contributed by atoms with E-state index in [2.05, 4.69) is 44.8 Å². The monoisotopic (exact) mass is 270 g/mol. The summed E-state index contributed by atoms with van der Waals surface area (Å²) in [6.07, 6.45) is 5.01. The zero-order chi connectivity index (χ0) is 14.3. The molecule has 0 heterocycles. The van der Waals surface area contributed by atoms with Crippen LogP contribution in [0.4, 0.5) is 0 Å². The van der Waals surface area contributed by atoms with Crippen molar-refractivity contribution in [3.8, 4) is 0 Å². The normalized spacial score (nSPS) is 18.3. The molecule has 1 saturated carbocycles. The summed E-state index contributed by atoms with van der Waals surface area (Å²) >= 11 is 0. The van der Waals surface area contributed by atoms with Gasteiger partial charge in [-0.05, 0) is 66.5 Å². The Balaban J connectivity index is 2.28. The minimum atomic E-state index is 0.196. The second-order valence-electron chi connectivity index (χ2n) is 6.41. The highest BCUT2D eigenvalue weighted by Crippen LogP contribution is 2.38. The molecule has 0 aromatic heterocycles. The van der Waals surface area contributed by atoms with Gasteiger partial charge in [0.1, 0.15) is 0 Å². The number of hydrogen-bond acceptors (Lipinski definition) is 3. The van der Waals surface area contributed by atoms with Crippen molar-refractivity contribution in [1.29, 1.82) is 0 Å². The van der Waals surface area contributed by atoms with Gasteiger partial charge < -0.3 is 10.1 Å². The predicted molar refractivity (Wildman–Crippen MR) is 82.7 cm³/mol. The lowest BCUT2D eigenvalue weighted by Crippen LogP contribution is -2.46. The molecule has 0 spiro atoms. The first-order valence-electron chi connectivity index (χ1n) is 8.11. The van der Waals surface area contributed by atoms with Crippen molar-refractivity contribution < 1.29 is 4.74 Å². The molecule has 0 atom stereocenters. The van der Waals surface area contributed by atoms with Gasteiger partial charge in [-0.15, -0.1) is 0 Å². The topological polar surface area (TPSA) is 24.5 Å². The van der Waals surface area contributed by atoms with Crippen molar-refractivity contribution >= 4 is 0 Å². The SMILES string of the molecule is CCNCCC1(OCCN(C(C)C)C(C)C)CCC1. The Morgan fingerprint density at radius 3 is 2.21 bits per heavy atom. The average Bonchev–Trinajstić information content (AvgIpc) is 2.29. The fraction of sp³-hybridized carbons (Fsp3) is 1.00. The second-order valence-corrected chi connectivity index (χ2v) is 6.41. The molecule has 1 N–H and O–H groups in total. The third kappa shape index (κ3) is 5.41. The van der Waals surface area contributed by atoms with Crippen LogP contribution in [0.15, 0.2) is 0 Å². The largest absolute Gasteiger partial charge is 0.374 e. The average molecular weight is 270 g/mol. The van der Waals surface area contributed by atoms with E-state index in [0.717, 1.165) is 26.2 Å². The van der Waals surface area contributed by atoms with Crippen LogP contribution in [0, 0.1) is 0 Å². The number of ether oxygens (including phenoxy) is 1. The number of rotatable bonds is 10. The Hall–Kier alpha value is -0.120. The van der Waals surface area contributed by atoms with E-state index in [1.807, 2.05) is 0 Å². The molecule has 3 nitrogen and oxygen atoms in total. The lowest BCUT2D eigenvalue weighted by atomic mass is 9.77. The molecule has 1 fully saturated rings. The van der Waals surface area contributed by atoms with Crippen LogP contribution in [0.2, 0.25) is 0 Å². The fourth-order valence-corrected chi connectivity index (χ4v) is 3.01. The van der Waals surface area contributed by atoms with Crippen molar-refractivity contribution in [3.05, 3.63) is 0 Å². The summed E-state index contributed by atoms with van der Waals surface area (Å²) in [6.45, 7) is 15.3. The number of nitrogens with zero attached hydrogens (tertiary/aromatic N) is 1. The van der Waals surface area contributed by atoms with Crippen molar-refractivity contribution in [3.63, 3.8) is 0 Å². The summed E-state index contributed by atoms with van der Waals surface area (Å²) in [7, 11) is 0. The molecule has 19 heavy (non-hydrogen) atoms. The van der Waals surface area contributed by atoms with E-state index in [1.54, 1.807) is 0 Å². The van der Waals surface area contributed by atoms with Crippen LogP contribution in [0.3, 0.4) is 0 Å². The van der Waals surface area contributed by atoms with E-state index >= 15 is 0 Å².